The summed E-state index contributed by atoms with van der Waals surface area (Å²) in [6, 6.07) is 22.9. The fraction of sp³-hybridized carbons (Fsp3) is 0.308. The number of pyridine rings is 1. The molecule has 1 aromatic heterocycles. The van der Waals surface area contributed by atoms with Crippen molar-refractivity contribution < 1.29 is 19.4 Å². The molecule has 5 rings (SSSR count). The quantitative estimate of drug-likeness (QED) is 0.674. The van der Waals surface area contributed by atoms with Crippen molar-refractivity contribution >= 4 is 6.09 Å². The number of amides is 1. The second-order valence-corrected chi connectivity index (χ2v) is 8.52. The molecule has 0 aliphatic carbocycles. The molecule has 3 heterocycles. The summed E-state index contributed by atoms with van der Waals surface area (Å²) in [4.78, 5) is 19.0. The molecule has 2 aliphatic rings. The molecule has 2 saturated heterocycles. The molecule has 0 spiro atoms. The van der Waals surface area contributed by atoms with Gasteiger partial charge in [0.15, 0.2) is 0 Å². The molecule has 3 aromatic rings. The predicted molar refractivity (Wildman–Crippen MR) is 120 cm³/mol. The first-order valence-electron chi connectivity index (χ1n) is 10.9. The lowest BCUT2D eigenvalue weighted by Crippen LogP contribution is -2.62. The van der Waals surface area contributed by atoms with Gasteiger partial charge in [-0.15, -0.1) is 0 Å². The zero-order chi connectivity index (χ0) is 22.0. The van der Waals surface area contributed by atoms with Crippen LogP contribution in [0.15, 0.2) is 79.0 Å². The number of fused-ring (bicyclic) bond motifs is 2. The Kier molecular flexibility index (Phi) is 5.64. The van der Waals surface area contributed by atoms with Gasteiger partial charge in [-0.1, -0.05) is 60.7 Å². The average molecular weight is 431 g/mol. The third-order valence-corrected chi connectivity index (χ3v) is 6.35. The van der Waals surface area contributed by atoms with Crippen molar-refractivity contribution in [3.63, 3.8) is 0 Å². The van der Waals surface area contributed by atoms with Crippen LogP contribution in [0.25, 0.3) is 11.3 Å². The molecule has 1 amide bonds. The Balaban J connectivity index is 1.30. The van der Waals surface area contributed by atoms with E-state index in [1.807, 2.05) is 72.8 Å². The van der Waals surface area contributed by atoms with Gasteiger partial charge in [-0.25, -0.2) is 4.79 Å². The molecule has 1 N–H and O–H groups in total. The smallest absolute Gasteiger partial charge is 0.410 e. The Morgan fingerprint density at radius 2 is 1.69 bits per heavy atom. The number of piperidine rings is 1. The first kappa shape index (κ1) is 20.7. The topological polar surface area (TPSA) is 71.9 Å². The summed E-state index contributed by atoms with van der Waals surface area (Å²) in [7, 11) is 0. The molecule has 2 bridgehead atoms. The summed E-state index contributed by atoms with van der Waals surface area (Å²) < 4.78 is 11.3. The lowest BCUT2D eigenvalue weighted by atomic mass is 9.77. The van der Waals surface area contributed by atoms with Crippen molar-refractivity contribution in [2.24, 2.45) is 0 Å². The second kappa shape index (κ2) is 8.73. The molecule has 0 saturated carbocycles. The Morgan fingerprint density at radius 3 is 2.34 bits per heavy atom. The monoisotopic (exact) mass is 430 g/mol. The van der Waals surface area contributed by atoms with Crippen LogP contribution in [-0.2, 0) is 21.7 Å². The second-order valence-electron chi connectivity index (χ2n) is 8.52. The van der Waals surface area contributed by atoms with Crippen LogP contribution in [0.5, 0.6) is 0 Å². The Morgan fingerprint density at radius 1 is 1.00 bits per heavy atom. The number of carbonyl (C=O) groups excluding carboxylic acids is 1. The summed E-state index contributed by atoms with van der Waals surface area (Å²) in [5, 5.41) is 11.6. The minimum atomic E-state index is -1.02. The number of aromatic nitrogens is 1. The van der Waals surface area contributed by atoms with Gasteiger partial charge in [0.1, 0.15) is 6.61 Å². The van der Waals surface area contributed by atoms with E-state index in [1.165, 1.54) is 0 Å². The van der Waals surface area contributed by atoms with Gasteiger partial charge in [0.05, 0.1) is 36.6 Å². The number of benzene rings is 2. The van der Waals surface area contributed by atoms with Crippen LogP contribution in [-0.4, -0.2) is 46.4 Å². The van der Waals surface area contributed by atoms with E-state index in [4.69, 9.17) is 9.47 Å². The lowest BCUT2D eigenvalue weighted by Gasteiger charge is -2.51. The predicted octanol–water partition coefficient (Wildman–Crippen LogP) is 4.14. The van der Waals surface area contributed by atoms with Crippen LogP contribution < -0.4 is 0 Å². The van der Waals surface area contributed by atoms with Crippen molar-refractivity contribution in [3.05, 3.63) is 90.1 Å². The molecule has 164 valence electrons. The van der Waals surface area contributed by atoms with Crippen LogP contribution in [0.3, 0.4) is 0 Å². The number of aliphatic hydroxyl groups is 1. The van der Waals surface area contributed by atoms with Gasteiger partial charge in [0.2, 0.25) is 0 Å². The maximum absolute atomic E-state index is 12.9. The molecule has 2 aliphatic heterocycles. The Hall–Kier alpha value is -3.22. The number of nitrogens with zero attached hydrogens (tertiary/aromatic N) is 2. The van der Waals surface area contributed by atoms with Gasteiger partial charge < -0.3 is 14.6 Å². The normalized spacial score (nSPS) is 24.7. The number of hydrogen-bond donors (Lipinski definition) is 1. The van der Waals surface area contributed by atoms with Gasteiger partial charge in [0, 0.05) is 24.6 Å². The zero-order valence-corrected chi connectivity index (χ0v) is 17.8. The van der Waals surface area contributed by atoms with Gasteiger partial charge in [-0.3, -0.25) is 9.88 Å². The summed E-state index contributed by atoms with van der Waals surface area (Å²) in [6.07, 6.45) is 2.24. The third kappa shape index (κ3) is 4.11. The minimum Gasteiger partial charge on any atom is -0.445 e. The van der Waals surface area contributed by atoms with Crippen LogP contribution in [0.2, 0.25) is 0 Å². The molecule has 2 aromatic carbocycles. The summed E-state index contributed by atoms with van der Waals surface area (Å²) in [6.45, 7) is 1.02. The molecule has 0 radical (unpaired) electrons. The average Bonchev–Trinajstić information content (AvgIpc) is 2.83. The fourth-order valence-corrected chi connectivity index (χ4v) is 4.79. The Bertz CT molecular complexity index is 1040. The molecule has 2 atom stereocenters. The SMILES string of the molecule is O=C(OCc1ccccc1)N1C2COCC1CC(O)(c1ccc(-c3ccccn3)cc1)C2. The van der Waals surface area contributed by atoms with Crippen LogP contribution in [0.1, 0.15) is 24.0 Å². The van der Waals surface area contributed by atoms with Crippen molar-refractivity contribution in [3.8, 4) is 11.3 Å². The van der Waals surface area contributed by atoms with E-state index in [9.17, 15) is 9.90 Å². The van der Waals surface area contributed by atoms with Crippen LogP contribution >= 0.6 is 0 Å². The van der Waals surface area contributed by atoms with Crippen molar-refractivity contribution in [1.29, 1.82) is 0 Å². The van der Waals surface area contributed by atoms with Gasteiger partial charge >= 0.3 is 6.09 Å². The first-order valence-corrected chi connectivity index (χ1v) is 10.9. The Labute approximate surface area is 187 Å². The number of hydrogen-bond acceptors (Lipinski definition) is 5. The highest BCUT2D eigenvalue weighted by molar-refractivity contribution is 5.69. The van der Waals surface area contributed by atoms with E-state index in [2.05, 4.69) is 4.98 Å². The van der Waals surface area contributed by atoms with E-state index < -0.39 is 5.60 Å². The standard InChI is InChI=1S/C26H26N2O4/c29-25(32-16-19-6-2-1-3-7-19)28-22-14-26(30,15-23(28)18-31-17-22)21-11-9-20(10-12-21)24-8-4-5-13-27-24/h1-13,22-23,30H,14-18H2. The molecule has 6 nitrogen and oxygen atoms in total. The summed E-state index contributed by atoms with van der Waals surface area (Å²) >= 11 is 0. The largest absolute Gasteiger partial charge is 0.445 e. The van der Waals surface area contributed by atoms with E-state index in [0.717, 1.165) is 22.4 Å². The minimum absolute atomic E-state index is 0.230. The maximum atomic E-state index is 12.9. The molecule has 32 heavy (non-hydrogen) atoms. The fourth-order valence-electron chi connectivity index (χ4n) is 4.79. The molecular formula is C26H26N2O4. The van der Waals surface area contributed by atoms with Gasteiger partial charge in [-0.2, -0.15) is 0 Å². The maximum Gasteiger partial charge on any atom is 0.410 e. The number of morpholine rings is 1. The van der Waals surface area contributed by atoms with E-state index in [1.54, 1.807) is 11.1 Å². The van der Waals surface area contributed by atoms with Crippen molar-refractivity contribution in [1.82, 2.24) is 9.88 Å². The molecule has 6 heteroatoms. The molecule has 2 unspecified atom stereocenters. The van der Waals surface area contributed by atoms with Gasteiger partial charge in [0.25, 0.3) is 0 Å². The summed E-state index contributed by atoms with van der Waals surface area (Å²) in [5.74, 6) is 0. The zero-order valence-electron chi connectivity index (χ0n) is 17.8. The first-order chi connectivity index (χ1) is 15.6. The van der Waals surface area contributed by atoms with E-state index in [-0.39, 0.29) is 24.8 Å². The summed E-state index contributed by atoms with van der Waals surface area (Å²) in [5.41, 5.74) is 2.68. The van der Waals surface area contributed by atoms with Crippen molar-refractivity contribution in [2.45, 2.75) is 37.1 Å². The molecular weight excluding hydrogens is 404 g/mol. The highest BCUT2D eigenvalue weighted by Crippen LogP contribution is 2.41. The third-order valence-electron chi connectivity index (χ3n) is 6.35. The van der Waals surface area contributed by atoms with E-state index in [0.29, 0.717) is 26.1 Å². The van der Waals surface area contributed by atoms with Gasteiger partial charge in [-0.05, 0) is 23.3 Å². The molecule has 2 fully saturated rings. The lowest BCUT2D eigenvalue weighted by molar-refractivity contribution is -0.136. The number of ether oxygens (including phenoxy) is 2. The van der Waals surface area contributed by atoms with Crippen molar-refractivity contribution in [2.75, 3.05) is 13.2 Å². The highest BCUT2D eigenvalue weighted by atomic mass is 16.6. The van der Waals surface area contributed by atoms with Crippen LogP contribution in [0.4, 0.5) is 4.79 Å². The van der Waals surface area contributed by atoms with Crippen LogP contribution in [0, 0.1) is 0 Å². The van der Waals surface area contributed by atoms with E-state index >= 15 is 0 Å². The number of rotatable bonds is 4. The highest BCUT2D eigenvalue weighted by Gasteiger charge is 2.49. The number of carbonyl (C=O) groups is 1.